The fourth-order valence-corrected chi connectivity index (χ4v) is 1.57. The lowest BCUT2D eigenvalue weighted by atomic mass is 10.1. The molecule has 0 atom stereocenters. The van der Waals surface area contributed by atoms with E-state index < -0.39 is 17.5 Å². The lowest BCUT2D eigenvalue weighted by Crippen LogP contribution is -2.53. The minimum Gasteiger partial charge on any atom is -0.354 e. The maximum absolute atomic E-state index is 11.6. The molecule has 3 N–H and O–H groups in total. The molecule has 7 nitrogen and oxygen atoms in total. The van der Waals surface area contributed by atoms with Gasteiger partial charge >= 0.3 is 6.03 Å². The quantitative estimate of drug-likeness (QED) is 0.593. The average molecular weight is 256 g/mol. The van der Waals surface area contributed by atoms with Crippen LogP contribution >= 0.6 is 0 Å². The van der Waals surface area contributed by atoms with Crippen LogP contribution in [-0.4, -0.2) is 54.5 Å². The highest BCUT2D eigenvalue weighted by Gasteiger charge is 2.20. The zero-order chi connectivity index (χ0) is 13.8. The number of imide groups is 1. The van der Waals surface area contributed by atoms with Crippen molar-refractivity contribution < 1.29 is 14.4 Å². The van der Waals surface area contributed by atoms with Crippen LogP contribution in [0.2, 0.25) is 0 Å². The van der Waals surface area contributed by atoms with E-state index in [-0.39, 0.29) is 19.0 Å². The number of nitrogens with zero attached hydrogens (tertiary/aromatic N) is 1. The van der Waals surface area contributed by atoms with Crippen molar-refractivity contribution in [2.75, 3.05) is 26.2 Å². The molecule has 1 fully saturated rings. The molecule has 1 heterocycles. The second-order valence-corrected chi connectivity index (χ2v) is 5.31. The van der Waals surface area contributed by atoms with Crippen LogP contribution in [-0.2, 0) is 9.59 Å². The number of carbonyl (C=O) groups excluding carboxylic acids is 3. The highest BCUT2D eigenvalue weighted by Crippen LogP contribution is 1.97. The van der Waals surface area contributed by atoms with Crippen LogP contribution in [0.4, 0.5) is 4.79 Å². The van der Waals surface area contributed by atoms with E-state index in [1.54, 1.807) is 4.90 Å². The van der Waals surface area contributed by atoms with Crippen LogP contribution in [0.3, 0.4) is 0 Å². The third-order valence-electron chi connectivity index (χ3n) is 2.23. The van der Waals surface area contributed by atoms with Gasteiger partial charge in [0.15, 0.2) is 0 Å². The first-order valence-electron chi connectivity index (χ1n) is 5.87. The van der Waals surface area contributed by atoms with Gasteiger partial charge < -0.3 is 10.6 Å². The molecule has 1 saturated heterocycles. The van der Waals surface area contributed by atoms with E-state index in [4.69, 9.17) is 0 Å². The van der Waals surface area contributed by atoms with E-state index in [0.29, 0.717) is 13.1 Å². The number of nitrogens with one attached hydrogen (secondary N) is 3. The molecule has 0 radical (unpaired) electrons. The second kappa shape index (κ2) is 5.81. The molecular weight excluding hydrogens is 236 g/mol. The van der Waals surface area contributed by atoms with E-state index in [1.807, 2.05) is 20.8 Å². The van der Waals surface area contributed by atoms with Gasteiger partial charge in [-0.05, 0) is 20.8 Å². The first kappa shape index (κ1) is 14.4. The third kappa shape index (κ3) is 5.62. The highest BCUT2D eigenvalue weighted by molar-refractivity contribution is 5.95. The Morgan fingerprint density at radius 2 is 2.06 bits per heavy atom. The number of carbonyl (C=O) groups is 3. The predicted octanol–water partition coefficient (Wildman–Crippen LogP) is -0.957. The Hall–Kier alpha value is -1.63. The molecule has 0 aliphatic carbocycles. The maximum Gasteiger partial charge on any atom is 0.321 e. The summed E-state index contributed by atoms with van der Waals surface area (Å²) in [7, 11) is 0. The number of rotatable bonds is 2. The smallest absolute Gasteiger partial charge is 0.321 e. The number of hydrogen-bond donors (Lipinski definition) is 3. The van der Waals surface area contributed by atoms with Gasteiger partial charge in [0.05, 0.1) is 13.1 Å². The minimum atomic E-state index is -0.519. The fourth-order valence-electron chi connectivity index (χ4n) is 1.57. The first-order chi connectivity index (χ1) is 8.26. The van der Waals surface area contributed by atoms with Gasteiger partial charge in [0.2, 0.25) is 11.8 Å². The van der Waals surface area contributed by atoms with E-state index in [9.17, 15) is 14.4 Å². The molecule has 102 valence electrons. The molecule has 0 aromatic rings. The lowest BCUT2D eigenvalue weighted by molar-refractivity contribution is -0.126. The average Bonchev–Trinajstić information content (AvgIpc) is 2.13. The third-order valence-corrected chi connectivity index (χ3v) is 2.23. The van der Waals surface area contributed by atoms with Crippen molar-refractivity contribution in [1.82, 2.24) is 20.9 Å². The molecule has 0 aromatic carbocycles. The van der Waals surface area contributed by atoms with Crippen LogP contribution < -0.4 is 16.0 Å². The summed E-state index contributed by atoms with van der Waals surface area (Å²) in [5, 5.41) is 7.53. The summed E-state index contributed by atoms with van der Waals surface area (Å²) in [6.45, 7) is 6.85. The number of urea groups is 1. The standard InChI is InChI=1S/C11H20N4O3/c1-11(2,3)14-10(18)13-9(17)7-15-5-4-12-8(16)6-15/h4-7H2,1-3H3,(H,12,16)(H2,13,14,17,18). The molecule has 7 heteroatoms. The Labute approximate surface area is 106 Å². The zero-order valence-corrected chi connectivity index (χ0v) is 11.0. The summed E-state index contributed by atoms with van der Waals surface area (Å²) < 4.78 is 0. The molecule has 1 aliphatic rings. The van der Waals surface area contributed by atoms with Crippen LogP contribution in [0.1, 0.15) is 20.8 Å². The summed E-state index contributed by atoms with van der Waals surface area (Å²) in [4.78, 5) is 35.8. The zero-order valence-electron chi connectivity index (χ0n) is 11.0. The Morgan fingerprint density at radius 1 is 1.39 bits per heavy atom. The first-order valence-corrected chi connectivity index (χ1v) is 5.87. The van der Waals surface area contributed by atoms with Gasteiger partial charge in [-0.2, -0.15) is 0 Å². The Balaban J connectivity index is 2.33. The summed E-state index contributed by atoms with van der Waals surface area (Å²) >= 11 is 0. The number of hydrogen-bond acceptors (Lipinski definition) is 4. The molecule has 0 aromatic heterocycles. The van der Waals surface area contributed by atoms with E-state index in [2.05, 4.69) is 16.0 Å². The summed E-state index contributed by atoms with van der Waals surface area (Å²) in [6.07, 6.45) is 0. The van der Waals surface area contributed by atoms with Gasteiger partial charge in [-0.1, -0.05) is 0 Å². The molecular formula is C11H20N4O3. The molecule has 4 amide bonds. The summed E-state index contributed by atoms with van der Waals surface area (Å²) in [6, 6.07) is -0.519. The van der Waals surface area contributed by atoms with E-state index in [1.165, 1.54) is 0 Å². The van der Waals surface area contributed by atoms with Crippen LogP contribution in [0.5, 0.6) is 0 Å². The Bertz CT molecular complexity index is 349. The normalized spacial score (nSPS) is 16.9. The molecule has 0 unspecified atom stereocenters. The summed E-state index contributed by atoms with van der Waals surface area (Å²) in [5.74, 6) is -0.514. The maximum atomic E-state index is 11.6. The second-order valence-electron chi connectivity index (χ2n) is 5.31. The largest absolute Gasteiger partial charge is 0.354 e. The topological polar surface area (TPSA) is 90.5 Å². The highest BCUT2D eigenvalue weighted by atomic mass is 16.2. The fraction of sp³-hybridized carbons (Fsp3) is 0.727. The minimum absolute atomic E-state index is 0.0466. The van der Waals surface area contributed by atoms with Gasteiger partial charge in [0.25, 0.3) is 0 Å². The van der Waals surface area contributed by atoms with E-state index in [0.717, 1.165) is 0 Å². The van der Waals surface area contributed by atoms with Crippen LogP contribution in [0, 0.1) is 0 Å². The predicted molar refractivity (Wildman–Crippen MR) is 65.9 cm³/mol. The van der Waals surface area contributed by atoms with Crippen molar-refractivity contribution in [3.8, 4) is 0 Å². The van der Waals surface area contributed by atoms with Crippen molar-refractivity contribution in [2.45, 2.75) is 26.3 Å². The van der Waals surface area contributed by atoms with Gasteiger partial charge in [0.1, 0.15) is 0 Å². The van der Waals surface area contributed by atoms with Gasteiger partial charge in [-0.3, -0.25) is 19.8 Å². The van der Waals surface area contributed by atoms with Crippen molar-refractivity contribution in [2.24, 2.45) is 0 Å². The van der Waals surface area contributed by atoms with Crippen molar-refractivity contribution in [3.05, 3.63) is 0 Å². The number of amides is 4. The SMILES string of the molecule is CC(C)(C)NC(=O)NC(=O)CN1CCNC(=O)C1. The lowest BCUT2D eigenvalue weighted by Gasteiger charge is -2.26. The van der Waals surface area contributed by atoms with Crippen LogP contribution in [0.25, 0.3) is 0 Å². The number of piperazine rings is 1. The Morgan fingerprint density at radius 3 is 2.61 bits per heavy atom. The van der Waals surface area contributed by atoms with Gasteiger partial charge in [-0.15, -0.1) is 0 Å². The molecule has 1 aliphatic heterocycles. The van der Waals surface area contributed by atoms with Crippen molar-refractivity contribution in [3.63, 3.8) is 0 Å². The van der Waals surface area contributed by atoms with Gasteiger partial charge in [0, 0.05) is 18.6 Å². The molecule has 18 heavy (non-hydrogen) atoms. The molecule has 0 bridgehead atoms. The monoisotopic (exact) mass is 256 g/mol. The van der Waals surface area contributed by atoms with Crippen molar-refractivity contribution in [1.29, 1.82) is 0 Å². The van der Waals surface area contributed by atoms with Crippen LogP contribution in [0.15, 0.2) is 0 Å². The molecule has 0 spiro atoms. The molecule has 1 rings (SSSR count). The summed E-state index contributed by atoms with van der Waals surface area (Å²) in [5.41, 5.74) is -0.393. The van der Waals surface area contributed by atoms with E-state index >= 15 is 0 Å². The van der Waals surface area contributed by atoms with Crippen molar-refractivity contribution >= 4 is 17.8 Å². The van der Waals surface area contributed by atoms with Gasteiger partial charge in [-0.25, -0.2) is 4.79 Å². The molecule has 0 saturated carbocycles. The Kier molecular flexibility index (Phi) is 4.66.